The van der Waals surface area contributed by atoms with Gasteiger partial charge in [0, 0.05) is 17.5 Å². The van der Waals surface area contributed by atoms with E-state index in [1.165, 1.54) is 12.1 Å². The molecule has 7 nitrogen and oxygen atoms in total. The quantitative estimate of drug-likeness (QED) is 0.261. The number of rotatable bonds is 10. The summed E-state index contributed by atoms with van der Waals surface area (Å²) in [7, 11) is 0. The molecule has 33 heavy (non-hydrogen) atoms. The molecule has 2 aromatic carbocycles. The van der Waals surface area contributed by atoms with E-state index >= 15 is 0 Å². The van der Waals surface area contributed by atoms with Gasteiger partial charge in [-0.3, -0.25) is 0 Å². The van der Waals surface area contributed by atoms with Gasteiger partial charge in [-0.1, -0.05) is 57.0 Å². The van der Waals surface area contributed by atoms with E-state index in [9.17, 15) is 14.4 Å². The molecule has 0 spiro atoms. The van der Waals surface area contributed by atoms with Crippen LogP contribution in [0, 0.1) is 0 Å². The minimum absolute atomic E-state index is 0.102. The molecule has 0 aliphatic carbocycles. The molecule has 0 bridgehead atoms. The number of amides is 1. The van der Waals surface area contributed by atoms with Crippen LogP contribution in [-0.2, 0) is 22.6 Å². The Morgan fingerprint density at radius 2 is 1.82 bits per heavy atom. The summed E-state index contributed by atoms with van der Waals surface area (Å²) in [5.74, 6) is -0.374. The lowest BCUT2D eigenvalue weighted by Crippen LogP contribution is -2.43. The first kappa shape index (κ1) is 24.0. The first-order valence-corrected chi connectivity index (χ1v) is 11.3. The Morgan fingerprint density at radius 3 is 2.55 bits per heavy atom. The number of nitrogens with one attached hydrogen (secondary N) is 1. The van der Waals surface area contributed by atoms with Crippen molar-refractivity contribution in [2.45, 2.75) is 58.6 Å². The van der Waals surface area contributed by atoms with Gasteiger partial charge in [0.05, 0.1) is 0 Å². The number of aryl methyl sites for hydroxylation is 1. The third kappa shape index (κ3) is 6.94. The zero-order valence-corrected chi connectivity index (χ0v) is 19.0. The predicted octanol–water partition coefficient (Wildman–Crippen LogP) is 5.14. The van der Waals surface area contributed by atoms with Gasteiger partial charge in [0.1, 0.15) is 24.0 Å². The van der Waals surface area contributed by atoms with Crippen molar-refractivity contribution in [1.82, 2.24) is 5.32 Å². The Bertz CT molecular complexity index is 1140. The van der Waals surface area contributed by atoms with Gasteiger partial charge in [0.15, 0.2) is 0 Å². The number of alkyl carbamates (subject to hydrolysis) is 1. The molecule has 0 radical (unpaired) electrons. The number of benzene rings is 2. The van der Waals surface area contributed by atoms with Crippen LogP contribution in [0.1, 0.15) is 50.7 Å². The second-order valence-electron chi connectivity index (χ2n) is 7.82. The van der Waals surface area contributed by atoms with E-state index in [2.05, 4.69) is 12.2 Å². The average Bonchev–Trinajstić information content (AvgIpc) is 2.81. The molecule has 1 heterocycles. The average molecular weight is 452 g/mol. The number of ether oxygens (including phenoxy) is 2. The van der Waals surface area contributed by atoms with Crippen LogP contribution in [-0.4, -0.2) is 18.1 Å². The fraction of sp³-hybridized carbons (Fsp3) is 0.346. The summed E-state index contributed by atoms with van der Waals surface area (Å²) >= 11 is 0. The Hall–Kier alpha value is -3.61. The van der Waals surface area contributed by atoms with Gasteiger partial charge in [0.25, 0.3) is 0 Å². The van der Waals surface area contributed by atoms with Crippen molar-refractivity contribution in [2.24, 2.45) is 0 Å². The van der Waals surface area contributed by atoms with Crippen LogP contribution in [0.3, 0.4) is 0 Å². The predicted molar refractivity (Wildman–Crippen MR) is 125 cm³/mol. The summed E-state index contributed by atoms with van der Waals surface area (Å²) in [5, 5.41) is 3.39. The Balaban J connectivity index is 1.67. The zero-order chi connectivity index (χ0) is 23.6. The molecule has 0 fully saturated rings. The fourth-order valence-corrected chi connectivity index (χ4v) is 3.48. The first-order valence-electron chi connectivity index (χ1n) is 11.3. The molecular formula is C26H29NO6. The third-order valence-corrected chi connectivity index (χ3v) is 5.19. The Kier molecular flexibility index (Phi) is 8.63. The van der Waals surface area contributed by atoms with Gasteiger partial charge in [0.2, 0.25) is 0 Å². The summed E-state index contributed by atoms with van der Waals surface area (Å²) in [6.45, 7) is 4.09. The van der Waals surface area contributed by atoms with E-state index in [0.29, 0.717) is 18.4 Å². The van der Waals surface area contributed by atoms with Crippen molar-refractivity contribution in [1.29, 1.82) is 0 Å². The topological polar surface area (TPSA) is 94.8 Å². The van der Waals surface area contributed by atoms with Crippen LogP contribution >= 0.6 is 0 Å². The van der Waals surface area contributed by atoms with Crippen molar-refractivity contribution < 1.29 is 23.5 Å². The molecule has 0 saturated carbocycles. The molecule has 1 atom stereocenters. The molecule has 0 saturated heterocycles. The standard InChI is InChI=1S/C26H29NO6/c1-3-5-12-19-15-24(28)33-23-16-20(13-14-21(19)23)32-25(29)22(9-4-2)27-26(30)31-17-18-10-7-6-8-11-18/h6-8,10-11,13-16,22H,3-5,9,12,17H2,1-2H3,(H,27,30). The monoisotopic (exact) mass is 451 g/mol. The summed E-state index contributed by atoms with van der Waals surface area (Å²) in [6, 6.07) is 14.9. The third-order valence-electron chi connectivity index (χ3n) is 5.19. The van der Waals surface area contributed by atoms with Gasteiger partial charge >= 0.3 is 17.7 Å². The molecule has 1 unspecified atom stereocenters. The van der Waals surface area contributed by atoms with Crippen molar-refractivity contribution in [3.63, 3.8) is 0 Å². The van der Waals surface area contributed by atoms with Crippen molar-refractivity contribution in [3.05, 3.63) is 76.1 Å². The minimum atomic E-state index is -0.864. The molecule has 1 amide bonds. The Morgan fingerprint density at radius 1 is 1.03 bits per heavy atom. The largest absolute Gasteiger partial charge is 0.445 e. The molecular weight excluding hydrogens is 422 g/mol. The van der Waals surface area contributed by atoms with Crippen LogP contribution in [0.2, 0.25) is 0 Å². The highest BCUT2D eigenvalue weighted by atomic mass is 16.6. The normalized spacial score (nSPS) is 11.7. The summed E-state index contributed by atoms with van der Waals surface area (Å²) < 4.78 is 16.0. The highest BCUT2D eigenvalue weighted by molar-refractivity contribution is 5.85. The molecule has 0 aliphatic rings. The van der Waals surface area contributed by atoms with E-state index in [4.69, 9.17) is 13.9 Å². The number of carbonyl (C=O) groups is 2. The molecule has 3 aromatic rings. The van der Waals surface area contributed by atoms with Gasteiger partial charge in [-0.15, -0.1) is 0 Å². The number of fused-ring (bicyclic) bond motifs is 1. The fourth-order valence-electron chi connectivity index (χ4n) is 3.48. The molecule has 3 rings (SSSR count). The molecule has 7 heteroatoms. The van der Waals surface area contributed by atoms with Crippen LogP contribution in [0.25, 0.3) is 11.0 Å². The first-order chi connectivity index (χ1) is 16.0. The second-order valence-corrected chi connectivity index (χ2v) is 7.82. The highest BCUT2D eigenvalue weighted by Crippen LogP contribution is 2.24. The van der Waals surface area contributed by atoms with Crippen LogP contribution in [0.15, 0.2) is 63.8 Å². The van der Waals surface area contributed by atoms with E-state index < -0.39 is 23.7 Å². The van der Waals surface area contributed by atoms with Gasteiger partial charge in [-0.25, -0.2) is 14.4 Å². The maximum Gasteiger partial charge on any atom is 0.408 e. The van der Waals surface area contributed by atoms with E-state index in [-0.39, 0.29) is 12.4 Å². The summed E-state index contributed by atoms with van der Waals surface area (Å²) in [5.41, 5.74) is 1.68. The van der Waals surface area contributed by atoms with E-state index in [1.807, 2.05) is 37.3 Å². The number of esters is 1. The van der Waals surface area contributed by atoms with E-state index in [1.54, 1.807) is 12.1 Å². The molecule has 1 N–H and O–H groups in total. The maximum absolute atomic E-state index is 12.7. The minimum Gasteiger partial charge on any atom is -0.445 e. The van der Waals surface area contributed by atoms with Gasteiger partial charge < -0.3 is 19.2 Å². The number of carbonyl (C=O) groups excluding carboxylic acids is 2. The highest BCUT2D eigenvalue weighted by Gasteiger charge is 2.23. The van der Waals surface area contributed by atoms with E-state index in [0.717, 1.165) is 35.8 Å². The second kappa shape index (κ2) is 11.9. The molecule has 1 aromatic heterocycles. The summed E-state index contributed by atoms with van der Waals surface area (Å²) in [6.07, 6.45) is 3.09. The lowest BCUT2D eigenvalue weighted by molar-refractivity contribution is -0.136. The SMILES string of the molecule is CCCCc1cc(=O)oc2cc(OC(=O)C(CCC)NC(=O)OCc3ccccc3)ccc12. The van der Waals surface area contributed by atoms with Crippen molar-refractivity contribution in [3.8, 4) is 5.75 Å². The maximum atomic E-state index is 12.7. The lowest BCUT2D eigenvalue weighted by atomic mass is 10.0. The number of unbranched alkanes of at least 4 members (excludes halogenated alkanes) is 1. The molecule has 174 valence electrons. The lowest BCUT2D eigenvalue weighted by Gasteiger charge is -2.17. The molecule has 0 aliphatic heterocycles. The van der Waals surface area contributed by atoms with Crippen LogP contribution in [0.4, 0.5) is 4.79 Å². The smallest absolute Gasteiger partial charge is 0.408 e. The van der Waals surface area contributed by atoms with Gasteiger partial charge in [-0.2, -0.15) is 0 Å². The Labute approximate surface area is 192 Å². The number of hydrogen-bond acceptors (Lipinski definition) is 6. The van der Waals surface area contributed by atoms with Gasteiger partial charge in [-0.05, 0) is 42.5 Å². The van der Waals surface area contributed by atoms with Crippen molar-refractivity contribution >= 4 is 23.0 Å². The summed E-state index contributed by atoms with van der Waals surface area (Å²) in [4.78, 5) is 36.9. The number of hydrogen-bond donors (Lipinski definition) is 1. The van der Waals surface area contributed by atoms with Crippen LogP contribution in [0.5, 0.6) is 5.75 Å². The van der Waals surface area contributed by atoms with Crippen LogP contribution < -0.4 is 15.7 Å². The zero-order valence-electron chi connectivity index (χ0n) is 19.0. The van der Waals surface area contributed by atoms with Crippen molar-refractivity contribution in [2.75, 3.05) is 0 Å².